The molecule has 6 nitrogen and oxygen atoms in total. The molecule has 0 aliphatic carbocycles. The second-order valence-corrected chi connectivity index (χ2v) is 6.08. The molecule has 2 heterocycles. The van der Waals surface area contributed by atoms with Crippen molar-refractivity contribution in [3.05, 3.63) is 72.2 Å². The lowest BCUT2D eigenvalue weighted by molar-refractivity contribution is 0.240. The van der Waals surface area contributed by atoms with Crippen LogP contribution in [0.3, 0.4) is 0 Å². The SMILES string of the molecule is Cn1nc(-c2cccnc2)cc1CNC(=O)NCCCc1ccccc1. The number of urea groups is 1. The highest BCUT2D eigenvalue weighted by atomic mass is 16.2. The fraction of sp³-hybridized carbons (Fsp3) is 0.250. The number of hydrogen-bond acceptors (Lipinski definition) is 3. The molecule has 6 heteroatoms. The van der Waals surface area contributed by atoms with Gasteiger partial charge in [-0.2, -0.15) is 5.10 Å². The number of amides is 2. The summed E-state index contributed by atoms with van der Waals surface area (Å²) in [6.07, 6.45) is 5.38. The van der Waals surface area contributed by atoms with Crippen molar-refractivity contribution in [3.8, 4) is 11.3 Å². The van der Waals surface area contributed by atoms with Gasteiger partial charge in [-0.15, -0.1) is 0 Å². The fourth-order valence-corrected chi connectivity index (χ4v) is 2.70. The average molecular weight is 349 g/mol. The largest absolute Gasteiger partial charge is 0.338 e. The quantitative estimate of drug-likeness (QED) is 0.644. The maximum atomic E-state index is 12.0. The molecule has 2 aromatic heterocycles. The summed E-state index contributed by atoms with van der Waals surface area (Å²) < 4.78 is 1.78. The lowest BCUT2D eigenvalue weighted by atomic mass is 10.1. The number of aromatic nitrogens is 3. The van der Waals surface area contributed by atoms with Gasteiger partial charge >= 0.3 is 6.03 Å². The number of benzene rings is 1. The molecular formula is C20H23N5O. The number of carbonyl (C=O) groups is 1. The molecule has 2 amide bonds. The second-order valence-electron chi connectivity index (χ2n) is 6.08. The lowest BCUT2D eigenvalue weighted by Gasteiger charge is -2.07. The van der Waals surface area contributed by atoms with E-state index in [2.05, 4.69) is 32.8 Å². The van der Waals surface area contributed by atoms with Crippen LogP contribution in [0.2, 0.25) is 0 Å². The van der Waals surface area contributed by atoms with Crippen LogP contribution in [-0.4, -0.2) is 27.3 Å². The van der Waals surface area contributed by atoms with Crippen LogP contribution in [0.5, 0.6) is 0 Å². The lowest BCUT2D eigenvalue weighted by Crippen LogP contribution is -2.36. The Morgan fingerprint density at radius 2 is 1.96 bits per heavy atom. The summed E-state index contributed by atoms with van der Waals surface area (Å²) in [5.74, 6) is 0. The van der Waals surface area contributed by atoms with Gasteiger partial charge in [0.25, 0.3) is 0 Å². The Bertz CT molecular complexity index is 830. The van der Waals surface area contributed by atoms with E-state index in [9.17, 15) is 4.79 Å². The van der Waals surface area contributed by atoms with Crippen molar-refractivity contribution in [2.24, 2.45) is 7.05 Å². The summed E-state index contributed by atoms with van der Waals surface area (Å²) in [6.45, 7) is 1.07. The third kappa shape index (κ3) is 4.92. The van der Waals surface area contributed by atoms with Gasteiger partial charge in [0.1, 0.15) is 0 Å². The smallest absolute Gasteiger partial charge is 0.315 e. The van der Waals surface area contributed by atoms with E-state index < -0.39 is 0 Å². The van der Waals surface area contributed by atoms with Crippen molar-refractivity contribution < 1.29 is 4.79 Å². The Morgan fingerprint density at radius 3 is 2.73 bits per heavy atom. The summed E-state index contributed by atoms with van der Waals surface area (Å²) in [5.41, 5.74) is 4.02. The van der Waals surface area contributed by atoms with Gasteiger partial charge in [-0.3, -0.25) is 9.67 Å². The number of hydrogen-bond donors (Lipinski definition) is 2. The third-order valence-electron chi connectivity index (χ3n) is 4.13. The molecule has 0 radical (unpaired) electrons. The highest BCUT2D eigenvalue weighted by Crippen LogP contribution is 2.17. The van der Waals surface area contributed by atoms with Crippen LogP contribution < -0.4 is 10.6 Å². The first kappa shape index (κ1) is 17.7. The molecule has 134 valence electrons. The average Bonchev–Trinajstić information content (AvgIpc) is 3.06. The van der Waals surface area contributed by atoms with Gasteiger partial charge in [0.05, 0.1) is 17.9 Å². The van der Waals surface area contributed by atoms with Crippen molar-refractivity contribution in [3.63, 3.8) is 0 Å². The standard InChI is InChI=1S/C20H23N5O/c1-25-18(13-19(24-25)17-10-6-11-21-14-17)15-23-20(26)22-12-5-9-16-7-3-2-4-8-16/h2-4,6-8,10-11,13-14H,5,9,12,15H2,1H3,(H2,22,23,26). The molecule has 0 aliphatic heterocycles. The first-order valence-electron chi connectivity index (χ1n) is 8.71. The van der Waals surface area contributed by atoms with Crippen LogP contribution in [-0.2, 0) is 20.0 Å². The molecule has 0 atom stereocenters. The van der Waals surface area contributed by atoms with Crippen molar-refractivity contribution in [2.45, 2.75) is 19.4 Å². The van der Waals surface area contributed by atoms with E-state index in [1.807, 2.05) is 43.4 Å². The van der Waals surface area contributed by atoms with E-state index in [4.69, 9.17) is 0 Å². The van der Waals surface area contributed by atoms with E-state index in [-0.39, 0.29) is 6.03 Å². The number of rotatable bonds is 7. The Kier molecular flexibility index (Phi) is 5.98. The van der Waals surface area contributed by atoms with E-state index >= 15 is 0 Å². The summed E-state index contributed by atoms with van der Waals surface area (Å²) in [6, 6.07) is 15.9. The summed E-state index contributed by atoms with van der Waals surface area (Å²) in [7, 11) is 1.87. The van der Waals surface area contributed by atoms with Crippen molar-refractivity contribution in [2.75, 3.05) is 6.54 Å². The predicted octanol–water partition coefficient (Wildman–Crippen LogP) is 2.91. The van der Waals surface area contributed by atoms with E-state index in [0.29, 0.717) is 13.1 Å². The maximum absolute atomic E-state index is 12.0. The molecule has 2 N–H and O–H groups in total. The molecule has 0 saturated heterocycles. The second kappa shape index (κ2) is 8.80. The number of pyridine rings is 1. The number of aryl methyl sites for hydroxylation is 2. The Labute approximate surface area is 153 Å². The minimum atomic E-state index is -0.165. The molecule has 0 fully saturated rings. The van der Waals surface area contributed by atoms with Gasteiger partial charge < -0.3 is 10.6 Å². The van der Waals surface area contributed by atoms with Crippen molar-refractivity contribution in [1.29, 1.82) is 0 Å². The molecule has 26 heavy (non-hydrogen) atoms. The zero-order chi connectivity index (χ0) is 18.2. The van der Waals surface area contributed by atoms with Gasteiger partial charge in [-0.25, -0.2) is 4.79 Å². The molecule has 0 saturated carbocycles. The minimum Gasteiger partial charge on any atom is -0.338 e. The summed E-state index contributed by atoms with van der Waals surface area (Å²) in [4.78, 5) is 16.1. The Morgan fingerprint density at radius 1 is 1.12 bits per heavy atom. The molecule has 3 rings (SSSR count). The molecule has 1 aromatic carbocycles. The highest BCUT2D eigenvalue weighted by molar-refractivity contribution is 5.73. The zero-order valence-electron chi connectivity index (χ0n) is 14.9. The Hall–Kier alpha value is -3.15. The van der Waals surface area contributed by atoms with Crippen molar-refractivity contribution in [1.82, 2.24) is 25.4 Å². The third-order valence-corrected chi connectivity index (χ3v) is 4.13. The van der Waals surface area contributed by atoms with Gasteiger partial charge in [0, 0.05) is 31.5 Å². The van der Waals surface area contributed by atoms with Crippen LogP contribution >= 0.6 is 0 Å². The van der Waals surface area contributed by atoms with E-state index in [0.717, 1.165) is 29.8 Å². The Balaban J connectivity index is 1.42. The van der Waals surface area contributed by atoms with Crippen molar-refractivity contribution >= 4 is 6.03 Å². The molecule has 0 bridgehead atoms. The molecule has 3 aromatic rings. The van der Waals surface area contributed by atoms with Crippen LogP contribution in [0, 0.1) is 0 Å². The first-order valence-corrected chi connectivity index (χ1v) is 8.71. The number of nitrogens with zero attached hydrogens (tertiary/aromatic N) is 3. The predicted molar refractivity (Wildman–Crippen MR) is 101 cm³/mol. The fourth-order valence-electron chi connectivity index (χ4n) is 2.70. The minimum absolute atomic E-state index is 0.165. The van der Waals surface area contributed by atoms with Gasteiger partial charge in [-0.1, -0.05) is 30.3 Å². The van der Waals surface area contributed by atoms with Gasteiger partial charge in [-0.05, 0) is 36.6 Å². The topological polar surface area (TPSA) is 71.8 Å². The number of carbonyl (C=O) groups excluding carboxylic acids is 1. The van der Waals surface area contributed by atoms with Crippen LogP contribution in [0.25, 0.3) is 11.3 Å². The van der Waals surface area contributed by atoms with Crippen LogP contribution in [0.4, 0.5) is 4.79 Å². The zero-order valence-corrected chi connectivity index (χ0v) is 14.9. The van der Waals surface area contributed by atoms with E-state index in [1.54, 1.807) is 17.1 Å². The van der Waals surface area contributed by atoms with Crippen LogP contribution in [0.1, 0.15) is 17.7 Å². The number of nitrogens with one attached hydrogen (secondary N) is 2. The maximum Gasteiger partial charge on any atom is 0.315 e. The molecule has 0 aliphatic rings. The molecule has 0 unspecified atom stereocenters. The van der Waals surface area contributed by atoms with Gasteiger partial charge in [0.2, 0.25) is 0 Å². The van der Waals surface area contributed by atoms with E-state index in [1.165, 1.54) is 5.56 Å². The summed E-state index contributed by atoms with van der Waals surface area (Å²) in [5, 5.41) is 10.2. The summed E-state index contributed by atoms with van der Waals surface area (Å²) >= 11 is 0. The monoisotopic (exact) mass is 349 g/mol. The normalized spacial score (nSPS) is 10.5. The molecular weight excluding hydrogens is 326 g/mol. The van der Waals surface area contributed by atoms with Crippen LogP contribution in [0.15, 0.2) is 60.9 Å². The van der Waals surface area contributed by atoms with Gasteiger partial charge in [0.15, 0.2) is 0 Å². The molecule has 0 spiro atoms. The first-order chi connectivity index (χ1) is 12.7. The highest BCUT2D eigenvalue weighted by Gasteiger charge is 2.08.